The first-order valence-electron chi connectivity index (χ1n) is 8.89. The Morgan fingerprint density at radius 1 is 1.29 bits per heavy atom. The number of amidine groups is 1. The number of carbonyl (C=O) groups is 3. The Morgan fingerprint density at radius 3 is 2.68 bits per heavy atom. The topological polar surface area (TPSA) is 125 Å². The maximum Gasteiger partial charge on any atom is 0.347 e. The van der Waals surface area contributed by atoms with E-state index in [4.69, 9.17) is 14.2 Å². The van der Waals surface area contributed by atoms with Crippen LogP contribution in [0.2, 0.25) is 0 Å². The Labute approximate surface area is 191 Å². The quantitative estimate of drug-likeness (QED) is 0.243. The molecule has 1 aliphatic rings. The molecule has 1 heterocycles. The lowest BCUT2D eigenvalue weighted by molar-refractivity contribution is -0.150. The molecule has 0 radical (unpaired) electrons. The zero-order chi connectivity index (χ0) is 23.0. The van der Waals surface area contributed by atoms with Gasteiger partial charge in [-0.2, -0.15) is 5.10 Å². The molecule has 1 N–H and O–H groups in total. The second-order valence-corrected chi connectivity index (χ2v) is 7.66. The minimum Gasteiger partial charge on any atom is -0.493 e. The van der Waals surface area contributed by atoms with E-state index in [1.165, 1.54) is 20.4 Å². The number of nitrogens with one attached hydrogen (secondary N) is 1. The van der Waals surface area contributed by atoms with Crippen LogP contribution in [0, 0.1) is 0 Å². The summed E-state index contributed by atoms with van der Waals surface area (Å²) in [5.41, 5.74) is 0.608. The first-order chi connectivity index (χ1) is 14.8. The fourth-order valence-corrected chi connectivity index (χ4v) is 3.35. The molecule has 0 aromatic heterocycles. The van der Waals surface area contributed by atoms with E-state index < -0.39 is 23.9 Å². The van der Waals surface area contributed by atoms with Crippen molar-refractivity contribution in [3.8, 4) is 11.5 Å². The first-order valence-corrected chi connectivity index (χ1v) is 10.5. The molecule has 12 heteroatoms. The van der Waals surface area contributed by atoms with Crippen molar-refractivity contribution in [1.82, 2.24) is 5.32 Å². The molecule has 1 atom stereocenters. The summed E-state index contributed by atoms with van der Waals surface area (Å²) in [5.74, 6) is -0.879. The summed E-state index contributed by atoms with van der Waals surface area (Å²) >= 11 is 4.37. The van der Waals surface area contributed by atoms with Crippen molar-refractivity contribution in [3.05, 3.63) is 33.2 Å². The number of hydrogen-bond donors (Lipinski definition) is 1. The van der Waals surface area contributed by atoms with Gasteiger partial charge < -0.3 is 18.9 Å². The van der Waals surface area contributed by atoms with Gasteiger partial charge in [-0.15, -0.1) is 5.10 Å². The standard InChI is InChI=1S/C19H20BrN3O7S/c1-5-29-18(26)10(2)30-14-7-12(20)11(6-13(14)27-3)9-21-23-19-22-17(25)15(31-19)8-16(24)28-4/h6-10H,5H2,1-4H3,(H,22,23,25)/b15-8+,21-9?. The molecule has 1 aromatic carbocycles. The number of methoxy groups -OCH3 is 2. The van der Waals surface area contributed by atoms with E-state index in [0.29, 0.717) is 21.5 Å². The summed E-state index contributed by atoms with van der Waals surface area (Å²) in [5, 5.41) is 10.6. The van der Waals surface area contributed by atoms with Crippen LogP contribution in [-0.4, -0.2) is 56.2 Å². The molecule has 1 fully saturated rings. The largest absolute Gasteiger partial charge is 0.493 e. The van der Waals surface area contributed by atoms with Crippen LogP contribution in [0.4, 0.5) is 0 Å². The lowest BCUT2D eigenvalue weighted by atomic mass is 10.2. The predicted molar refractivity (Wildman–Crippen MR) is 118 cm³/mol. The van der Waals surface area contributed by atoms with Gasteiger partial charge in [0.25, 0.3) is 5.91 Å². The number of thioether (sulfide) groups is 1. The predicted octanol–water partition coefficient (Wildman–Crippen LogP) is 2.40. The highest BCUT2D eigenvalue weighted by molar-refractivity contribution is 9.10. The SMILES string of the molecule is CCOC(=O)C(C)Oc1cc(Br)c(C=N/N=C2/NC(=O)/C(=C\C(=O)OC)S2)cc1OC. The van der Waals surface area contributed by atoms with E-state index in [1.807, 2.05) is 0 Å². The van der Waals surface area contributed by atoms with Crippen LogP contribution >= 0.6 is 27.7 Å². The molecule has 1 amide bonds. The third-order valence-corrected chi connectivity index (χ3v) is 5.24. The van der Waals surface area contributed by atoms with Gasteiger partial charge >= 0.3 is 11.9 Å². The molecule has 1 aromatic rings. The van der Waals surface area contributed by atoms with Gasteiger partial charge in [0.15, 0.2) is 22.8 Å². The number of amides is 1. The smallest absolute Gasteiger partial charge is 0.347 e. The van der Waals surface area contributed by atoms with Gasteiger partial charge in [-0.3, -0.25) is 10.1 Å². The number of halogens is 1. The van der Waals surface area contributed by atoms with Gasteiger partial charge in [0.2, 0.25) is 0 Å². The van der Waals surface area contributed by atoms with Crippen molar-refractivity contribution in [2.24, 2.45) is 10.2 Å². The van der Waals surface area contributed by atoms with Gasteiger partial charge in [-0.05, 0) is 53.7 Å². The average Bonchev–Trinajstić information content (AvgIpc) is 3.08. The van der Waals surface area contributed by atoms with Gasteiger partial charge in [-0.1, -0.05) is 0 Å². The van der Waals surface area contributed by atoms with Crippen LogP contribution in [-0.2, 0) is 23.9 Å². The van der Waals surface area contributed by atoms with Crippen LogP contribution in [0.5, 0.6) is 11.5 Å². The number of ether oxygens (including phenoxy) is 4. The number of carbonyl (C=O) groups excluding carboxylic acids is 3. The zero-order valence-electron chi connectivity index (χ0n) is 17.1. The van der Waals surface area contributed by atoms with E-state index in [-0.39, 0.29) is 16.7 Å². The van der Waals surface area contributed by atoms with Gasteiger partial charge in [0, 0.05) is 16.1 Å². The van der Waals surface area contributed by atoms with Crippen molar-refractivity contribution in [3.63, 3.8) is 0 Å². The number of benzene rings is 1. The Morgan fingerprint density at radius 2 is 2.03 bits per heavy atom. The van der Waals surface area contributed by atoms with Crippen LogP contribution in [0.1, 0.15) is 19.4 Å². The van der Waals surface area contributed by atoms with E-state index in [9.17, 15) is 14.4 Å². The lowest BCUT2D eigenvalue weighted by Crippen LogP contribution is -2.26. The molecule has 1 saturated heterocycles. The van der Waals surface area contributed by atoms with Gasteiger partial charge in [-0.25, -0.2) is 9.59 Å². The molecule has 10 nitrogen and oxygen atoms in total. The molecule has 1 aliphatic heterocycles. The van der Waals surface area contributed by atoms with Crippen molar-refractivity contribution in [2.75, 3.05) is 20.8 Å². The van der Waals surface area contributed by atoms with Crippen LogP contribution in [0.15, 0.2) is 37.8 Å². The second kappa shape index (κ2) is 11.5. The number of hydrogen-bond acceptors (Lipinski definition) is 10. The molecule has 0 spiro atoms. The molecule has 0 bridgehead atoms. The summed E-state index contributed by atoms with van der Waals surface area (Å²) in [6.07, 6.45) is 1.69. The number of esters is 2. The third kappa shape index (κ3) is 6.82. The zero-order valence-corrected chi connectivity index (χ0v) is 19.5. The van der Waals surface area contributed by atoms with Gasteiger partial charge in [0.1, 0.15) is 0 Å². The molecule has 166 valence electrons. The van der Waals surface area contributed by atoms with Crippen molar-refractivity contribution >= 4 is 56.9 Å². The molecule has 0 saturated carbocycles. The molecule has 1 unspecified atom stereocenters. The fourth-order valence-electron chi connectivity index (χ4n) is 2.18. The van der Waals surface area contributed by atoms with Gasteiger partial charge in [0.05, 0.1) is 31.9 Å². The lowest BCUT2D eigenvalue weighted by Gasteiger charge is -2.16. The molecular weight excluding hydrogens is 494 g/mol. The summed E-state index contributed by atoms with van der Waals surface area (Å²) in [6, 6.07) is 3.27. The van der Waals surface area contributed by atoms with E-state index >= 15 is 0 Å². The van der Waals surface area contributed by atoms with Crippen LogP contribution < -0.4 is 14.8 Å². The highest BCUT2D eigenvalue weighted by atomic mass is 79.9. The molecule has 2 rings (SSSR count). The maximum atomic E-state index is 11.8. The number of rotatable bonds is 8. The van der Waals surface area contributed by atoms with Crippen LogP contribution in [0.3, 0.4) is 0 Å². The van der Waals surface area contributed by atoms with Crippen molar-refractivity contribution in [2.45, 2.75) is 20.0 Å². The minimum atomic E-state index is -0.818. The van der Waals surface area contributed by atoms with Crippen LogP contribution in [0.25, 0.3) is 0 Å². The first kappa shape index (κ1) is 24.4. The van der Waals surface area contributed by atoms with E-state index in [0.717, 1.165) is 17.8 Å². The molecule has 31 heavy (non-hydrogen) atoms. The summed E-state index contributed by atoms with van der Waals surface area (Å²) in [7, 11) is 2.68. The molecule has 0 aliphatic carbocycles. The highest BCUT2D eigenvalue weighted by Gasteiger charge is 2.25. The van der Waals surface area contributed by atoms with E-state index in [2.05, 4.69) is 36.2 Å². The summed E-state index contributed by atoms with van der Waals surface area (Å²) in [4.78, 5) is 35.0. The molecular formula is C19H20BrN3O7S. The minimum absolute atomic E-state index is 0.154. The maximum absolute atomic E-state index is 11.8. The normalized spacial score (nSPS) is 17.0. The fraction of sp³-hybridized carbons (Fsp3) is 0.316. The third-order valence-electron chi connectivity index (χ3n) is 3.65. The summed E-state index contributed by atoms with van der Waals surface area (Å²) in [6.45, 7) is 3.54. The van der Waals surface area contributed by atoms with Crippen molar-refractivity contribution in [1.29, 1.82) is 0 Å². The Hall–Kier alpha value is -2.86. The monoisotopic (exact) mass is 513 g/mol. The Balaban J connectivity index is 2.15. The highest BCUT2D eigenvalue weighted by Crippen LogP contribution is 2.34. The Kier molecular flexibility index (Phi) is 9.06. The Bertz CT molecular complexity index is 962. The number of nitrogens with zero attached hydrogens (tertiary/aromatic N) is 2. The van der Waals surface area contributed by atoms with Crippen molar-refractivity contribution < 1.29 is 33.3 Å². The average molecular weight is 514 g/mol. The summed E-state index contributed by atoms with van der Waals surface area (Å²) < 4.78 is 21.0. The second-order valence-electron chi connectivity index (χ2n) is 5.77. The van der Waals surface area contributed by atoms with E-state index in [1.54, 1.807) is 26.0 Å².